The van der Waals surface area contributed by atoms with Crippen LogP contribution in [0.3, 0.4) is 0 Å². The molecule has 0 aromatic heterocycles. The van der Waals surface area contributed by atoms with E-state index in [0.29, 0.717) is 12.0 Å². The summed E-state index contributed by atoms with van der Waals surface area (Å²) in [7, 11) is 0. The number of rotatable bonds is 3. The molecule has 0 bridgehead atoms. The van der Waals surface area contributed by atoms with E-state index in [9.17, 15) is 8.78 Å². The van der Waals surface area contributed by atoms with E-state index in [1.54, 1.807) is 0 Å². The van der Waals surface area contributed by atoms with Gasteiger partial charge in [0.05, 0.1) is 6.54 Å². The molecule has 1 fully saturated rings. The van der Waals surface area contributed by atoms with Crippen LogP contribution in [0.4, 0.5) is 8.78 Å². The lowest BCUT2D eigenvalue weighted by molar-refractivity contribution is 0.0313. The predicted molar refractivity (Wildman–Crippen MR) is 50.1 cm³/mol. The van der Waals surface area contributed by atoms with Gasteiger partial charge in [0.1, 0.15) is 0 Å². The summed E-state index contributed by atoms with van der Waals surface area (Å²) in [6.45, 7) is 5.03. The van der Waals surface area contributed by atoms with Crippen molar-refractivity contribution in [1.29, 1.82) is 0 Å². The Morgan fingerprint density at radius 1 is 1.46 bits per heavy atom. The van der Waals surface area contributed by atoms with Crippen LogP contribution in [-0.4, -0.2) is 30.5 Å². The second-order valence-corrected chi connectivity index (χ2v) is 3.94. The van der Waals surface area contributed by atoms with Gasteiger partial charge >= 0.3 is 0 Å². The fourth-order valence-corrected chi connectivity index (χ4v) is 2.28. The molecule has 2 unspecified atom stereocenters. The quantitative estimate of drug-likeness (QED) is 0.663. The Kier molecular flexibility index (Phi) is 4.10. The summed E-state index contributed by atoms with van der Waals surface area (Å²) < 4.78 is 24.4. The van der Waals surface area contributed by atoms with Crippen molar-refractivity contribution in [2.75, 3.05) is 13.1 Å². The van der Waals surface area contributed by atoms with Crippen molar-refractivity contribution in [3.63, 3.8) is 0 Å². The standard InChI is InChI=1S/C10H19F2N/c1-3-9-5-4-6-13(8(9)2)7-10(11)12/h8-10H,3-7H2,1-2H3. The zero-order valence-electron chi connectivity index (χ0n) is 8.47. The van der Waals surface area contributed by atoms with Crippen molar-refractivity contribution >= 4 is 0 Å². The van der Waals surface area contributed by atoms with Crippen molar-refractivity contribution in [3.05, 3.63) is 0 Å². The fourth-order valence-electron chi connectivity index (χ4n) is 2.28. The molecular weight excluding hydrogens is 172 g/mol. The summed E-state index contributed by atoms with van der Waals surface area (Å²) in [6, 6.07) is 0.341. The van der Waals surface area contributed by atoms with E-state index in [0.717, 1.165) is 19.4 Å². The Morgan fingerprint density at radius 3 is 2.69 bits per heavy atom. The molecule has 1 rings (SSSR count). The van der Waals surface area contributed by atoms with E-state index >= 15 is 0 Å². The fraction of sp³-hybridized carbons (Fsp3) is 1.00. The molecule has 0 spiro atoms. The first-order chi connectivity index (χ1) is 6.15. The molecule has 0 aliphatic carbocycles. The number of hydrogen-bond donors (Lipinski definition) is 0. The maximum atomic E-state index is 12.2. The largest absolute Gasteiger partial charge is 0.295 e. The molecule has 1 saturated heterocycles. The molecule has 3 heteroatoms. The Hall–Kier alpha value is -0.180. The van der Waals surface area contributed by atoms with Crippen LogP contribution < -0.4 is 0 Å². The lowest BCUT2D eigenvalue weighted by Gasteiger charge is -2.38. The van der Waals surface area contributed by atoms with E-state index in [2.05, 4.69) is 13.8 Å². The molecule has 1 aliphatic rings. The number of halogens is 2. The third kappa shape index (κ3) is 2.90. The molecule has 1 heterocycles. The third-order valence-electron chi connectivity index (χ3n) is 3.18. The summed E-state index contributed by atoms with van der Waals surface area (Å²) in [4.78, 5) is 1.93. The first kappa shape index (κ1) is 10.9. The van der Waals surface area contributed by atoms with Crippen LogP contribution in [-0.2, 0) is 0 Å². The van der Waals surface area contributed by atoms with Gasteiger partial charge in [-0.15, -0.1) is 0 Å². The number of likely N-dealkylation sites (tertiary alicyclic amines) is 1. The van der Waals surface area contributed by atoms with Gasteiger partial charge in [-0.2, -0.15) is 0 Å². The van der Waals surface area contributed by atoms with E-state index in [1.165, 1.54) is 6.42 Å². The highest BCUT2D eigenvalue weighted by Crippen LogP contribution is 2.26. The van der Waals surface area contributed by atoms with Crippen molar-refractivity contribution in [3.8, 4) is 0 Å². The minimum atomic E-state index is -2.18. The molecule has 0 radical (unpaired) electrons. The topological polar surface area (TPSA) is 3.24 Å². The molecule has 2 atom stereocenters. The van der Waals surface area contributed by atoms with E-state index in [4.69, 9.17) is 0 Å². The van der Waals surface area contributed by atoms with Crippen LogP contribution >= 0.6 is 0 Å². The van der Waals surface area contributed by atoms with Gasteiger partial charge in [-0.3, -0.25) is 4.90 Å². The second-order valence-electron chi connectivity index (χ2n) is 3.94. The number of alkyl halides is 2. The van der Waals surface area contributed by atoms with Crippen LogP contribution in [0.5, 0.6) is 0 Å². The lowest BCUT2D eigenvalue weighted by atomic mass is 9.88. The first-order valence-corrected chi connectivity index (χ1v) is 5.17. The van der Waals surface area contributed by atoms with Crippen LogP contribution in [0.25, 0.3) is 0 Å². The second kappa shape index (κ2) is 4.89. The van der Waals surface area contributed by atoms with Crippen molar-refractivity contribution in [2.45, 2.75) is 45.6 Å². The highest BCUT2D eigenvalue weighted by molar-refractivity contribution is 4.80. The number of hydrogen-bond acceptors (Lipinski definition) is 1. The van der Waals surface area contributed by atoms with Crippen molar-refractivity contribution in [1.82, 2.24) is 4.90 Å². The van der Waals surface area contributed by atoms with Gasteiger partial charge in [0, 0.05) is 6.04 Å². The molecule has 1 aliphatic heterocycles. The molecule has 0 aromatic carbocycles. The summed E-state index contributed by atoms with van der Waals surface area (Å²) in [5, 5.41) is 0. The maximum absolute atomic E-state index is 12.2. The maximum Gasteiger partial charge on any atom is 0.251 e. The zero-order valence-corrected chi connectivity index (χ0v) is 8.47. The summed E-state index contributed by atoms with van der Waals surface area (Å²) in [5.41, 5.74) is 0. The molecule has 0 saturated carbocycles. The molecule has 78 valence electrons. The molecule has 0 aromatic rings. The van der Waals surface area contributed by atoms with E-state index < -0.39 is 6.43 Å². The average Bonchev–Trinajstić information content (AvgIpc) is 2.08. The first-order valence-electron chi connectivity index (χ1n) is 5.17. The third-order valence-corrected chi connectivity index (χ3v) is 3.18. The lowest BCUT2D eigenvalue weighted by Crippen LogP contribution is -2.45. The van der Waals surface area contributed by atoms with Crippen LogP contribution in [0.1, 0.15) is 33.1 Å². The Bertz CT molecular complexity index is 150. The summed E-state index contributed by atoms with van der Waals surface area (Å²) in [6.07, 6.45) is 1.21. The molecule has 1 nitrogen and oxygen atoms in total. The van der Waals surface area contributed by atoms with Crippen LogP contribution in [0.2, 0.25) is 0 Å². The van der Waals surface area contributed by atoms with Crippen LogP contribution in [0, 0.1) is 5.92 Å². The number of nitrogens with zero attached hydrogens (tertiary/aromatic N) is 1. The molecular formula is C10H19F2N. The normalized spacial score (nSPS) is 31.2. The van der Waals surface area contributed by atoms with E-state index in [1.807, 2.05) is 4.90 Å². The van der Waals surface area contributed by atoms with E-state index in [-0.39, 0.29) is 6.54 Å². The predicted octanol–water partition coefficient (Wildman–Crippen LogP) is 2.76. The minimum Gasteiger partial charge on any atom is -0.295 e. The Balaban J connectivity index is 2.44. The highest BCUT2D eigenvalue weighted by Gasteiger charge is 2.27. The van der Waals surface area contributed by atoms with Crippen molar-refractivity contribution in [2.24, 2.45) is 5.92 Å². The van der Waals surface area contributed by atoms with Gasteiger partial charge < -0.3 is 0 Å². The number of piperidine rings is 1. The van der Waals surface area contributed by atoms with Gasteiger partial charge in [0.15, 0.2) is 0 Å². The minimum absolute atomic E-state index is 0.0440. The summed E-state index contributed by atoms with van der Waals surface area (Å²) >= 11 is 0. The highest BCUT2D eigenvalue weighted by atomic mass is 19.3. The molecule has 0 N–H and O–H groups in total. The van der Waals surface area contributed by atoms with Gasteiger partial charge in [0.25, 0.3) is 6.43 Å². The Morgan fingerprint density at radius 2 is 2.15 bits per heavy atom. The zero-order chi connectivity index (χ0) is 9.84. The Labute approximate surface area is 79.1 Å². The van der Waals surface area contributed by atoms with Gasteiger partial charge in [0.2, 0.25) is 0 Å². The van der Waals surface area contributed by atoms with Crippen molar-refractivity contribution < 1.29 is 8.78 Å². The van der Waals surface area contributed by atoms with Gasteiger partial charge in [-0.25, -0.2) is 8.78 Å². The van der Waals surface area contributed by atoms with Gasteiger partial charge in [-0.1, -0.05) is 13.3 Å². The molecule has 0 amide bonds. The SMILES string of the molecule is CCC1CCCN(CC(F)F)C1C. The monoisotopic (exact) mass is 191 g/mol. The van der Waals surface area contributed by atoms with Crippen LogP contribution in [0.15, 0.2) is 0 Å². The molecule has 13 heavy (non-hydrogen) atoms. The van der Waals surface area contributed by atoms with Gasteiger partial charge in [-0.05, 0) is 32.2 Å². The smallest absolute Gasteiger partial charge is 0.251 e. The average molecular weight is 191 g/mol. The summed E-state index contributed by atoms with van der Waals surface area (Å²) in [5.74, 6) is 0.618.